The quantitative estimate of drug-likeness (QED) is 0.861. The fourth-order valence-electron chi connectivity index (χ4n) is 2.83. The first-order valence-corrected chi connectivity index (χ1v) is 7.41. The second-order valence-corrected chi connectivity index (χ2v) is 6.22. The number of aromatic nitrogens is 1. The molecule has 20 heavy (non-hydrogen) atoms. The van der Waals surface area contributed by atoms with Crippen LogP contribution in [0.5, 0.6) is 0 Å². The van der Waals surface area contributed by atoms with Gasteiger partial charge in [-0.05, 0) is 24.0 Å². The Labute approximate surface area is 124 Å². The second-order valence-electron chi connectivity index (χ2n) is 5.78. The molecule has 0 bridgehead atoms. The third-order valence-corrected chi connectivity index (χ3v) is 4.48. The average molecular weight is 285 g/mol. The van der Waals surface area contributed by atoms with Crippen molar-refractivity contribution >= 4 is 33.9 Å². The SMILES string of the molecule is CC1CN(c2nc3ccccc3cc2C(N)=S)CC1C. The van der Waals surface area contributed by atoms with Gasteiger partial charge in [0.2, 0.25) is 0 Å². The minimum atomic E-state index is 0.422. The first-order chi connectivity index (χ1) is 9.56. The standard InChI is InChI=1S/C16H19N3S/c1-10-8-19(9-11(10)2)16-13(15(17)20)7-12-5-3-4-6-14(12)18-16/h3-7,10-11H,8-9H2,1-2H3,(H2,17,20). The van der Waals surface area contributed by atoms with E-state index in [1.165, 1.54) is 0 Å². The number of anilines is 1. The van der Waals surface area contributed by atoms with E-state index < -0.39 is 0 Å². The molecule has 1 aromatic carbocycles. The average Bonchev–Trinajstić information content (AvgIpc) is 2.77. The maximum absolute atomic E-state index is 5.91. The highest BCUT2D eigenvalue weighted by molar-refractivity contribution is 7.80. The molecule has 0 aliphatic carbocycles. The number of nitrogens with zero attached hydrogens (tertiary/aromatic N) is 2. The largest absolute Gasteiger partial charge is 0.389 e. The zero-order valence-corrected chi connectivity index (χ0v) is 12.7. The van der Waals surface area contributed by atoms with Crippen LogP contribution < -0.4 is 10.6 Å². The van der Waals surface area contributed by atoms with Gasteiger partial charge in [-0.15, -0.1) is 0 Å². The molecule has 2 aromatic rings. The van der Waals surface area contributed by atoms with Gasteiger partial charge < -0.3 is 10.6 Å². The van der Waals surface area contributed by atoms with E-state index in [2.05, 4.69) is 24.8 Å². The number of nitrogens with two attached hydrogens (primary N) is 1. The molecule has 104 valence electrons. The lowest BCUT2D eigenvalue weighted by Gasteiger charge is -2.21. The molecule has 2 atom stereocenters. The summed E-state index contributed by atoms with van der Waals surface area (Å²) in [6.45, 7) is 6.60. The minimum Gasteiger partial charge on any atom is -0.389 e. The predicted molar refractivity (Wildman–Crippen MR) is 88.2 cm³/mol. The zero-order valence-electron chi connectivity index (χ0n) is 11.8. The summed E-state index contributed by atoms with van der Waals surface area (Å²) in [4.78, 5) is 7.54. The van der Waals surface area contributed by atoms with Crippen molar-refractivity contribution in [2.24, 2.45) is 17.6 Å². The van der Waals surface area contributed by atoms with Crippen LogP contribution in [0.3, 0.4) is 0 Å². The van der Waals surface area contributed by atoms with Crippen LogP contribution in [0.4, 0.5) is 5.82 Å². The maximum atomic E-state index is 5.91. The van der Waals surface area contributed by atoms with E-state index in [0.29, 0.717) is 16.8 Å². The van der Waals surface area contributed by atoms with Crippen LogP contribution in [0.15, 0.2) is 30.3 Å². The van der Waals surface area contributed by atoms with Gasteiger partial charge in [0.15, 0.2) is 0 Å². The van der Waals surface area contributed by atoms with Crippen LogP contribution in [0.2, 0.25) is 0 Å². The maximum Gasteiger partial charge on any atom is 0.139 e. The molecule has 0 spiro atoms. The molecule has 0 saturated carbocycles. The van der Waals surface area contributed by atoms with Gasteiger partial charge in [0.25, 0.3) is 0 Å². The molecule has 3 nitrogen and oxygen atoms in total. The molecule has 3 rings (SSSR count). The van der Waals surface area contributed by atoms with Gasteiger partial charge in [0.05, 0.1) is 11.1 Å². The van der Waals surface area contributed by atoms with Crippen LogP contribution in [-0.2, 0) is 0 Å². The van der Waals surface area contributed by atoms with Gasteiger partial charge in [0, 0.05) is 18.5 Å². The predicted octanol–water partition coefficient (Wildman–Crippen LogP) is 2.96. The number of benzene rings is 1. The minimum absolute atomic E-state index is 0.422. The van der Waals surface area contributed by atoms with Gasteiger partial charge in [-0.1, -0.05) is 44.3 Å². The first kappa shape index (κ1) is 13.3. The summed E-state index contributed by atoms with van der Waals surface area (Å²) < 4.78 is 0. The third kappa shape index (κ3) is 2.24. The fraction of sp³-hybridized carbons (Fsp3) is 0.375. The normalized spacial score (nSPS) is 22.4. The van der Waals surface area contributed by atoms with Gasteiger partial charge >= 0.3 is 0 Å². The number of para-hydroxylation sites is 1. The molecule has 1 aliphatic rings. The van der Waals surface area contributed by atoms with Crippen LogP contribution in [0.25, 0.3) is 10.9 Å². The summed E-state index contributed by atoms with van der Waals surface area (Å²) >= 11 is 5.22. The summed E-state index contributed by atoms with van der Waals surface area (Å²) in [5, 5.41) is 1.08. The Morgan fingerprint density at radius 2 is 1.90 bits per heavy atom. The molecule has 2 unspecified atom stereocenters. The van der Waals surface area contributed by atoms with E-state index in [9.17, 15) is 0 Å². The first-order valence-electron chi connectivity index (χ1n) is 7.01. The Morgan fingerprint density at radius 1 is 1.25 bits per heavy atom. The Morgan fingerprint density at radius 3 is 2.55 bits per heavy atom. The van der Waals surface area contributed by atoms with E-state index in [1.54, 1.807) is 0 Å². The second kappa shape index (κ2) is 5.02. The smallest absolute Gasteiger partial charge is 0.139 e. The van der Waals surface area contributed by atoms with Crippen molar-refractivity contribution in [1.82, 2.24) is 4.98 Å². The summed E-state index contributed by atoms with van der Waals surface area (Å²) in [5.74, 6) is 2.28. The molecule has 1 aromatic heterocycles. The zero-order chi connectivity index (χ0) is 14.3. The molecule has 1 fully saturated rings. The van der Waals surface area contributed by atoms with Gasteiger partial charge in [0.1, 0.15) is 10.8 Å². The van der Waals surface area contributed by atoms with Crippen LogP contribution >= 0.6 is 12.2 Å². The molecule has 4 heteroatoms. The van der Waals surface area contributed by atoms with E-state index in [4.69, 9.17) is 22.9 Å². The topological polar surface area (TPSA) is 42.2 Å². The lowest BCUT2D eigenvalue weighted by atomic mass is 10.0. The molecule has 2 N–H and O–H groups in total. The molecule has 0 radical (unpaired) electrons. The lowest BCUT2D eigenvalue weighted by molar-refractivity contribution is 0.494. The van der Waals surface area contributed by atoms with Gasteiger partial charge in [-0.25, -0.2) is 4.98 Å². The number of thiocarbonyl (C=S) groups is 1. The third-order valence-electron chi connectivity index (χ3n) is 4.26. The summed E-state index contributed by atoms with van der Waals surface area (Å²) in [6.07, 6.45) is 0. The van der Waals surface area contributed by atoms with Crippen molar-refractivity contribution < 1.29 is 0 Å². The molecular formula is C16H19N3S. The summed E-state index contributed by atoms with van der Waals surface area (Å²) in [7, 11) is 0. The molecular weight excluding hydrogens is 266 g/mol. The van der Waals surface area contributed by atoms with Crippen molar-refractivity contribution in [1.29, 1.82) is 0 Å². The Bertz CT molecular complexity index is 658. The van der Waals surface area contributed by atoms with Crippen molar-refractivity contribution in [3.8, 4) is 0 Å². The van der Waals surface area contributed by atoms with E-state index in [0.717, 1.165) is 35.4 Å². The number of rotatable bonds is 2. The monoisotopic (exact) mass is 285 g/mol. The number of fused-ring (bicyclic) bond motifs is 1. The van der Waals surface area contributed by atoms with Crippen molar-refractivity contribution in [3.63, 3.8) is 0 Å². The summed E-state index contributed by atoms with van der Waals surface area (Å²) in [5.41, 5.74) is 7.79. The van der Waals surface area contributed by atoms with E-state index in [1.807, 2.05) is 24.3 Å². The van der Waals surface area contributed by atoms with Gasteiger partial charge in [-0.2, -0.15) is 0 Å². The fourth-order valence-corrected chi connectivity index (χ4v) is 2.98. The van der Waals surface area contributed by atoms with Gasteiger partial charge in [-0.3, -0.25) is 0 Å². The van der Waals surface area contributed by atoms with Crippen molar-refractivity contribution in [2.75, 3.05) is 18.0 Å². The highest BCUT2D eigenvalue weighted by atomic mass is 32.1. The molecule has 0 amide bonds. The van der Waals surface area contributed by atoms with E-state index >= 15 is 0 Å². The number of hydrogen-bond donors (Lipinski definition) is 1. The highest BCUT2D eigenvalue weighted by Gasteiger charge is 2.28. The van der Waals surface area contributed by atoms with E-state index in [-0.39, 0.29) is 0 Å². The Balaban J connectivity index is 2.13. The van der Waals surface area contributed by atoms with Crippen LogP contribution in [0, 0.1) is 11.8 Å². The van der Waals surface area contributed by atoms with Crippen molar-refractivity contribution in [2.45, 2.75) is 13.8 Å². The van der Waals surface area contributed by atoms with Crippen LogP contribution in [-0.4, -0.2) is 23.1 Å². The lowest BCUT2D eigenvalue weighted by Crippen LogP contribution is -2.25. The Hall–Kier alpha value is -1.68. The Kier molecular flexibility index (Phi) is 3.34. The number of hydrogen-bond acceptors (Lipinski definition) is 3. The number of pyridine rings is 1. The summed E-state index contributed by atoms with van der Waals surface area (Å²) in [6, 6.07) is 10.2. The van der Waals surface area contributed by atoms with Crippen molar-refractivity contribution in [3.05, 3.63) is 35.9 Å². The molecule has 1 saturated heterocycles. The highest BCUT2D eigenvalue weighted by Crippen LogP contribution is 2.30. The van der Waals surface area contributed by atoms with Crippen LogP contribution in [0.1, 0.15) is 19.4 Å². The molecule has 2 heterocycles. The molecule has 1 aliphatic heterocycles.